The average Bonchev–Trinajstić information content (AvgIpc) is 2.82. The number of thiophene rings is 1. The minimum absolute atomic E-state index is 0.0104. The Morgan fingerprint density at radius 3 is 2.71 bits per heavy atom. The number of likely N-dealkylation sites (N-methyl/N-ethyl adjacent to an activating group) is 1. The summed E-state index contributed by atoms with van der Waals surface area (Å²) < 4.78 is 5.69. The monoisotopic (exact) mass is 310 g/mol. The van der Waals surface area contributed by atoms with E-state index in [9.17, 15) is 4.79 Å². The van der Waals surface area contributed by atoms with E-state index >= 15 is 0 Å². The molecule has 0 bridgehead atoms. The van der Waals surface area contributed by atoms with Gasteiger partial charge in [-0.1, -0.05) is 13.8 Å². The molecule has 1 fully saturated rings. The quantitative estimate of drug-likeness (QED) is 0.909. The number of aryl methyl sites for hydroxylation is 1. The van der Waals surface area contributed by atoms with Gasteiger partial charge >= 0.3 is 0 Å². The maximum absolute atomic E-state index is 12.8. The van der Waals surface area contributed by atoms with Crippen molar-refractivity contribution >= 4 is 17.2 Å². The number of carbonyl (C=O) groups is 1. The largest absolute Gasteiger partial charge is 0.378 e. The van der Waals surface area contributed by atoms with Crippen LogP contribution in [0.3, 0.4) is 0 Å². The number of amides is 1. The van der Waals surface area contributed by atoms with Crippen molar-refractivity contribution in [2.75, 3.05) is 13.7 Å². The van der Waals surface area contributed by atoms with Crippen molar-refractivity contribution in [3.05, 3.63) is 21.9 Å². The molecule has 1 aromatic heterocycles. The van der Waals surface area contributed by atoms with Crippen molar-refractivity contribution in [2.24, 2.45) is 11.1 Å². The van der Waals surface area contributed by atoms with Crippen LogP contribution in [0.5, 0.6) is 0 Å². The van der Waals surface area contributed by atoms with E-state index in [1.54, 1.807) is 16.2 Å². The van der Waals surface area contributed by atoms with E-state index in [4.69, 9.17) is 10.5 Å². The number of carbonyl (C=O) groups excluding carboxylic acids is 1. The fourth-order valence-corrected chi connectivity index (χ4v) is 3.95. The van der Waals surface area contributed by atoms with E-state index < -0.39 is 5.54 Å². The highest BCUT2D eigenvalue weighted by Crippen LogP contribution is 2.50. The third-order valence-corrected chi connectivity index (χ3v) is 5.91. The predicted molar refractivity (Wildman–Crippen MR) is 86.3 cm³/mol. The molecule has 2 atom stereocenters. The van der Waals surface area contributed by atoms with Crippen LogP contribution in [0.1, 0.15) is 37.6 Å². The van der Waals surface area contributed by atoms with Gasteiger partial charge in [0.05, 0.1) is 12.6 Å². The molecule has 2 rings (SSSR count). The van der Waals surface area contributed by atoms with E-state index in [1.165, 1.54) is 10.4 Å². The third kappa shape index (κ3) is 2.62. The van der Waals surface area contributed by atoms with Gasteiger partial charge in [0.1, 0.15) is 5.54 Å². The first-order chi connectivity index (χ1) is 9.74. The summed E-state index contributed by atoms with van der Waals surface area (Å²) in [4.78, 5) is 15.8. The third-order valence-electron chi connectivity index (χ3n) is 4.91. The van der Waals surface area contributed by atoms with Crippen LogP contribution < -0.4 is 5.73 Å². The summed E-state index contributed by atoms with van der Waals surface area (Å²) in [6.45, 7) is 9.37. The molecule has 5 heteroatoms. The fourth-order valence-electron chi connectivity index (χ4n) is 2.99. The van der Waals surface area contributed by atoms with Crippen LogP contribution in [-0.2, 0) is 16.1 Å². The second-order valence-electron chi connectivity index (χ2n) is 6.53. The molecule has 4 nitrogen and oxygen atoms in total. The summed E-state index contributed by atoms with van der Waals surface area (Å²) in [6, 6.07) is 2.08. The normalized spacial score (nSPS) is 27.2. The van der Waals surface area contributed by atoms with Gasteiger partial charge in [-0.3, -0.25) is 4.79 Å². The van der Waals surface area contributed by atoms with Crippen molar-refractivity contribution < 1.29 is 9.53 Å². The van der Waals surface area contributed by atoms with Crippen LogP contribution in [0.25, 0.3) is 0 Å². The SMILES string of the molecule is CCOC1CC(N)(C(=O)N(C)Cc2sccc2C)C1(C)C. The zero-order valence-corrected chi connectivity index (χ0v) is 14.4. The fraction of sp³-hybridized carbons (Fsp3) is 0.688. The number of hydrogen-bond donors (Lipinski definition) is 1. The molecule has 0 aromatic carbocycles. The summed E-state index contributed by atoms with van der Waals surface area (Å²) >= 11 is 1.68. The van der Waals surface area contributed by atoms with Crippen LogP contribution in [0.2, 0.25) is 0 Å². The summed E-state index contributed by atoms with van der Waals surface area (Å²) in [5, 5.41) is 2.06. The molecule has 0 radical (unpaired) electrons. The van der Waals surface area contributed by atoms with Crippen LogP contribution >= 0.6 is 11.3 Å². The Morgan fingerprint density at radius 1 is 1.57 bits per heavy atom. The van der Waals surface area contributed by atoms with Gasteiger partial charge in [-0.25, -0.2) is 0 Å². The zero-order valence-electron chi connectivity index (χ0n) is 13.6. The second kappa shape index (κ2) is 5.71. The maximum Gasteiger partial charge on any atom is 0.243 e. The highest BCUT2D eigenvalue weighted by Gasteiger charge is 2.63. The summed E-state index contributed by atoms with van der Waals surface area (Å²) in [7, 11) is 1.83. The van der Waals surface area contributed by atoms with E-state index in [0.717, 1.165) is 0 Å². The van der Waals surface area contributed by atoms with Gasteiger partial charge in [-0.2, -0.15) is 0 Å². The lowest BCUT2D eigenvalue weighted by atomic mass is 9.54. The smallest absolute Gasteiger partial charge is 0.243 e. The molecule has 1 saturated carbocycles. The lowest BCUT2D eigenvalue weighted by Gasteiger charge is -2.58. The summed E-state index contributed by atoms with van der Waals surface area (Å²) in [6.07, 6.45) is 0.661. The highest BCUT2D eigenvalue weighted by atomic mass is 32.1. The molecule has 0 aliphatic heterocycles. The zero-order chi connectivity index (χ0) is 15.8. The van der Waals surface area contributed by atoms with Gasteiger partial charge in [-0.05, 0) is 30.9 Å². The number of nitrogens with two attached hydrogens (primary N) is 1. The van der Waals surface area contributed by atoms with Gasteiger partial charge in [0.15, 0.2) is 0 Å². The van der Waals surface area contributed by atoms with E-state index in [-0.39, 0.29) is 17.4 Å². The maximum atomic E-state index is 12.8. The van der Waals surface area contributed by atoms with Crippen molar-refractivity contribution in [3.8, 4) is 0 Å². The number of rotatable bonds is 5. The molecule has 2 N–H and O–H groups in total. The van der Waals surface area contributed by atoms with Gasteiger partial charge in [-0.15, -0.1) is 11.3 Å². The minimum atomic E-state index is -0.827. The first-order valence-corrected chi connectivity index (χ1v) is 8.31. The lowest BCUT2D eigenvalue weighted by molar-refractivity contribution is -0.178. The van der Waals surface area contributed by atoms with Crippen LogP contribution in [0, 0.1) is 12.3 Å². The Kier molecular flexibility index (Phi) is 4.47. The lowest BCUT2D eigenvalue weighted by Crippen LogP contribution is -2.75. The molecule has 1 heterocycles. The molecular formula is C16H26N2O2S. The molecule has 1 amide bonds. The predicted octanol–water partition coefficient (Wildman–Crippen LogP) is 2.55. The summed E-state index contributed by atoms with van der Waals surface area (Å²) in [5.41, 5.74) is 6.51. The standard InChI is InChI=1S/C16H26N2O2S/c1-6-20-13-9-16(17,15(13,3)4)14(19)18(5)10-12-11(2)7-8-21-12/h7-8,13H,6,9-10,17H2,1-5H3. The van der Waals surface area contributed by atoms with E-state index in [2.05, 4.69) is 18.4 Å². The number of hydrogen-bond acceptors (Lipinski definition) is 4. The Morgan fingerprint density at radius 2 is 2.24 bits per heavy atom. The first kappa shape index (κ1) is 16.5. The molecule has 1 aliphatic carbocycles. The molecule has 118 valence electrons. The summed E-state index contributed by atoms with van der Waals surface area (Å²) in [5.74, 6) is 0.0104. The van der Waals surface area contributed by atoms with Gasteiger partial charge < -0.3 is 15.4 Å². The Hall–Kier alpha value is -0.910. The topological polar surface area (TPSA) is 55.6 Å². The molecule has 2 unspecified atom stereocenters. The molecule has 0 spiro atoms. The van der Waals surface area contributed by atoms with Gasteiger partial charge in [0.25, 0.3) is 0 Å². The molecule has 0 saturated heterocycles. The Bertz CT molecular complexity index is 526. The average molecular weight is 310 g/mol. The second-order valence-corrected chi connectivity index (χ2v) is 7.53. The Balaban J connectivity index is 2.08. The molecule has 1 aliphatic rings. The Labute approximate surface area is 131 Å². The van der Waals surface area contributed by atoms with Crippen molar-refractivity contribution in [1.29, 1.82) is 0 Å². The minimum Gasteiger partial charge on any atom is -0.378 e. The first-order valence-electron chi connectivity index (χ1n) is 7.43. The van der Waals surface area contributed by atoms with E-state index in [1.807, 2.05) is 27.8 Å². The number of nitrogens with zero attached hydrogens (tertiary/aromatic N) is 1. The van der Waals surface area contributed by atoms with Gasteiger partial charge in [0, 0.05) is 30.4 Å². The van der Waals surface area contributed by atoms with Crippen molar-refractivity contribution in [2.45, 2.75) is 52.3 Å². The number of ether oxygens (including phenoxy) is 1. The van der Waals surface area contributed by atoms with Crippen molar-refractivity contribution in [1.82, 2.24) is 4.90 Å². The van der Waals surface area contributed by atoms with E-state index in [0.29, 0.717) is 19.6 Å². The van der Waals surface area contributed by atoms with Crippen molar-refractivity contribution in [3.63, 3.8) is 0 Å². The van der Waals surface area contributed by atoms with Crippen LogP contribution in [-0.4, -0.2) is 36.1 Å². The highest BCUT2D eigenvalue weighted by molar-refractivity contribution is 7.10. The van der Waals surface area contributed by atoms with Gasteiger partial charge in [0.2, 0.25) is 5.91 Å². The van der Waals surface area contributed by atoms with Crippen LogP contribution in [0.15, 0.2) is 11.4 Å². The molecule has 1 aromatic rings. The van der Waals surface area contributed by atoms with Crippen LogP contribution in [0.4, 0.5) is 0 Å². The molecule has 21 heavy (non-hydrogen) atoms. The molecular weight excluding hydrogens is 284 g/mol.